The van der Waals surface area contributed by atoms with Crippen molar-refractivity contribution in [3.05, 3.63) is 87.6 Å². The van der Waals surface area contributed by atoms with Crippen molar-refractivity contribution in [3.8, 4) is 0 Å². The first kappa shape index (κ1) is 20.6. The van der Waals surface area contributed by atoms with E-state index in [0.29, 0.717) is 34.5 Å². The van der Waals surface area contributed by atoms with E-state index in [0.717, 1.165) is 16.7 Å². The van der Waals surface area contributed by atoms with Crippen molar-refractivity contribution in [2.24, 2.45) is 0 Å². The Labute approximate surface area is 180 Å². The lowest BCUT2D eigenvalue weighted by atomic mass is 9.77. The van der Waals surface area contributed by atoms with Gasteiger partial charge in [0.1, 0.15) is 0 Å². The molecule has 0 saturated heterocycles. The number of fused-ring (bicyclic) bond motifs is 2. The number of allylic oxidation sites excluding steroid dienone is 2. The molecule has 0 fully saturated rings. The summed E-state index contributed by atoms with van der Waals surface area (Å²) in [5.41, 5.74) is 5.14. The van der Waals surface area contributed by atoms with Crippen LogP contribution in [0.2, 0.25) is 0 Å². The van der Waals surface area contributed by atoms with Gasteiger partial charge in [-0.1, -0.05) is 48.5 Å². The lowest BCUT2D eigenvalue weighted by Gasteiger charge is -2.30. The highest BCUT2D eigenvalue weighted by Gasteiger charge is 2.43. The fourth-order valence-corrected chi connectivity index (χ4v) is 4.40. The number of benzene rings is 2. The van der Waals surface area contributed by atoms with E-state index in [9.17, 15) is 19.5 Å². The highest BCUT2D eigenvalue weighted by atomic mass is 16.5. The van der Waals surface area contributed by atoms with Crippen molar-refractivity contribution in [2.45, 2.75) is 32.6 Å². The van der Waals surface area contributed by atoms with Crippen LogP contribution < -0.4 is 5.32 Å². The summed E-state index contributed by atoms with van der Waals surface area (Å²) in [7, 11) is 0. The van der Waals surface area contributed by atoms with Gasteiger partial charge in [-0.3, -0.25) is 9.59 Å². The molecule has 1 aliphatic carbocycles. The molecule has 0 aromatic heterocycles. The summed E-state index contributed by atoms with van der Waals surface area (Å²) in [6.45, 7) is 3.75. The van der Waals surface area contributed by atoms with E-state index in [1.807, 2.05) is 42.5 Å². The first-order chi connectivity index (χ1) is 14.9. The number of hydrogen-bond acceptors (Lipinski definition) is 5. The molecule has 4 rings (SSSR count). The van der Waals surface area contributed by atoms with Crippen LogP contribution in [0.5, 0.6) is 0 Å². The van der Waals surface area contributed by atoms with Crippen molar-refractivity contribution in [1.29, 1.82) is 0 Å². The Morgan fingerprint density at radius 3 is 2.45 bits per heavy atom. The summed E-state index contributed by atoms with van der Waals surface area (Å²) in [6.07, 6.45) is 0.258. The normalized spacial score (nSPS) is 17.2. The number of ether oxygens (including phenoxy) is 1. The summed E-state index contributed by atoms with van der Waals surface area (Å²) in [6, 6.07) is 14.8. The Bertz CT molecular complexity index is 1160. The maximum atomic E-state index is 13.5. The Balaban J connectivity index is 1.91. The minimum atomic E-state index is -0.901. The zero-order valence-corrected chi connectivity index (χ0v) is 17.4. The molecule has 0 unspecified atom stereocenters. The van der Waals surface area contributed by atoms with E-state index in [2.05, 4.69) is 5.32 Å². The zero-order valence-electron chi connectivity index (χ0n) is 17.4. The number of rotatable bonds is 6. The van der Waals surface area contributed by atoms with E-state index >= 15 is 0 Å². The SMILES string of the molecule is CCOC(=O)C1=C(C)NC2=C(C(=O)c3ccccc32)[C@@H]1c1ccccc1CCC(=O)O. The van der Waals surface area contributed by atoms with Crippen molar-refractivity contribution < 1.29 is 24.2 Å². The Hall–Kier alpha value is -3.67. The number of carboxylic acid groups (broad SMARTS) is 1. The van der Waals surface area contributed by atoms with Crippen LogP contribution in [-0.2, 0) is 20.7 Å². The van der Waals surface area contributed by atoms with Gasteiger partial charge in [0.05, 0.1) is 17.9 Å². The second-order valence-electron chi connectivity index (χ2n) is 7.57. The third-order valence-electron chi connectivity index (χ3n) is 5.72. The predicted molar refractivity (Wildman–Crippen MR) is 115 cm³/mol. The van der Waals surface area contributed by atoms with E-state index in [1.54, 1.807) is 19.9 Å². The second-order valence-corrected chi connectivity index (χ2v) is 7.57. The number of carbonyl (C=O) groups is 3. The molecule has 2 aromatic carbocycles. The van der Waals surface area contributed by atoms with Gasteiger partial charge in [-0.25, -0.2) is 4.79 Å². The number of esters is 1. The lowest BCUT2D eigenvalue weighted by Crippen LogP contribution is -2.30. The van der Waals surface area contributed by atoms with Gasteiger partial charge in [0.2, 0.25) is 0 Å². The number of aliphatic carboxylic acids is 1. The lowest BCUT2D eigenvalue weighted by molar-refractivity contribution is -0.139. The second kappa shape index (κ2) is 8.22. The Morgan fingerprint density at radius 1 is 1.06 bits per heavy atom. The van der Waals surface area contributed by atoms with Gasteiger partial charge >= 0.3 is 11.9 Å². The summed E-state index contributed by atoms with van der Waals surface area (Å²) >= 11 is 0. The first-order valence-corrected chi connectivity index (χ1v) is 10.3. The molecule has 0 radical (unpaired) electrons. The number of ketones is 1. The van der Waals surface area contributed by atoms with Gasteiger partial charge in [0.25, 0.3) is 0 Å². The molecule has 2 aromatic rings. The van der Waals surface area contributed by atoms with Gasteiger partial charge in [0, 0.05) is 34.7 Å². The molecule has 0 bridgehead atoms. The average Bonchev–Trinajstić information content (AvgIpc) is 3.03. The van der Waals surface area contributed by atoms with Gasteiger partial charge in [0.15, 0.2) is 5.78 Å². The Kier molecular flexibility index (Phi) is 5.46. The van der Waals surface area contributed by atoms with Gasteiger partial charge in [-0.2, -0.15) is 0 Å². The summed E-state index contributed by atoms with van der Waals surface area (Å²) < 4.78 is 5.34. The van der Waals surface area contributed by atoms with E-state index in [1.165, 1.54) is 0 Å². The third kappa shape index (κ3) is 3.54. The fraction of sp³-hybridized carbons (Fsp3) is 0.240. The number of Topliss-reactive ketones (excluding diaryl/α,β-unsaturated/α-hetero) is 1. The van der Waals surface area contributed by atoms with Crippen molar-refractivity contribution in [1.82, 2.24) is 5.32 Å². The fourth-order valence-electron chi connectivity index (χ4n) is 4.40. The van der Waals surface area contributed by atoms with Crippen molar-refractivity contribution in [3.63, 3.8) is 0 Å². The molecule has 158 valence electrons. The highest BCUT2D eigenvalue weighted by molar-refractivity contribution is 6.23. The molecule has 6 nitrogen and oxygen atoms in total. The molecule has 0 spiro atoms. The topological polar surface area (TPSA) is 92.7 Å². The van der Waals surface area contributed by atoms with Crippen LogP contribution in [0.4, 0.5) is 0 Å². The van der Waals surface area contributed by atoms with Crippen LogP contribution in [0.15, 0.2) is 65.4 Å². The molecule has 0 saturated carbocycles. The van der Waals surface area contributed by atoms with E-state index < -0.39 is 17.9 Å². The quantitative estimate of drug-likeness (QED) is 0.694. The minimum Gasteiger partial charge on any atom is -0.481 e. The van der Waals surface area contributed by atoms with E-state index in [-0.39, 0.29) is 18.8 Å². The van der Waals surface area contributed by atoms with Crippen LogP contribution >= 0.6 is 0 Å². The number of nitrogens with one attached hydrogen (secondary N) is 1. The van der Waals surface area contributed by atoms with Crippen LogP contribution in [-0.4, -0.2) is 29.4 Å². The van der Waals surface area contributed by atoms with Crippen molar-refractivity contribution >= 4 is 23.4 Å². The number of aryl methyl sites for hydroxylation is 1. The molecular weight excluding hydrogens is 394 g/mol. The highest BCUT2D eigenvalue weighted by Crippen LogP contribution is 2.47. The molecule has 1 heterocycles. The van der Waals surface area contributed by atoms with Crippen LogP contribution in [0.3, 0.4) is 0 Å². The molecule has 6 heteroatoms. The summed E-state index contributed by atoms with van der Waals surface area (Å²) in [4.78, 5) is 37.6. The smallest absolute Gasteiger partial charge is 0.336 e. The first-order valence-electron chi connectivity index (χ1n) is 10.3. The molecule has 2 N–H and O–H groups in total. The van der Waals surface area contributed by atoms with Crippen LogP contribution in [0.1, 0.15) is 53.2 Å². The van der Waals surface area contributed by atoms with Crippen molar-refractivity contribution in [2.75, 3.05) is 6.61 Å². The standard InChI is InChI=1S/C25H23NO5/c1-3-31-25(30)20-14(2)26-23-17-10-6-7-11-18(17)24(29)22(23)21(20)16-9-5-4-8-15(16)12-13-19(27)28/h4-11,21,26H,3,12-13H2,1-2H3,(H,27,28)/t21-/m1/s1. The summed E-state index contributed by atoms with van der Waals surface area (Å²) in [5, 5.41) is 12.4. The maximum absolute atomic E-state index is 13.5. The summed E-state index contributed by atoms with van der Waals surface area (Å²) in [5.74, 6) is -2.16. The Morgan fingerprint density at radius 2 is 1.74 bits per heavy atom. The number of dihydropyridines is 1. The van der Waals surface area contributed by atoms with Gasteiger partial charge in [-0.05, 0) is 31.4 Å². The predicted octanol–water partition coefficient (Wildman–Crippen LogP) is 3.84. The van der Waals surface area contributed by atoms with E-state index in [4.69, 9.17) is 4.74 Å². The van der Waals surface area contributed by atoms with Crippen LogP contribution in [0.25, 0.3) is 5.70 Å². The molecule has 2 aliphatic rings. The average molecular weight is 417 g/mol. The number of carbonyl (C=O) groups excluding carboxylic acids is 2. The van der Waals surface area contributed by atoms with Crippen LogP contribution in [0, 0.1) is 0 Å². The largest absolute Gasteiger partial charge is 0.481 e. The molecule has 1 atom stereocenters. The monoisotopic (exact) mass is 417 g/mol. The van der Waals surface area contributed by atoms with Gasteiger partial charge < -0.3 is 15.2 Å². The number of carboxylic acids is 1. The zero-order chi connectivity index (χ0) is 22.1. The minimum absolute atomic E-state index is 0.0422. The number of hydrogen-bond donors (Lipinski definition) is 2. The third-order valence-corrected chi connectivity index (χ3v) is 5.72. The molecular formula is C25H23NO5. The molecule has 0 amide bonds. The van der Waals surface area contributed by atoms with Gasteiger partial charge in [-0.15, -0.1) is 0 Å². The molecule has 31 heavy (non-hydrogen) atoms. The maximum Gasteiger partial charge on any atom is 0.336 e. The molecule has 1 aliphatic heterocycles.